The highest BCUT2D eigenvalue weighted by molar-refractivity contribution is 6.42. The first kappa shape index (κ1) is 13.8. The highest BCUT2D eigenvalue weighted by Gasteiger charge is 2.06. The summed E-state index contributed by atoms with van der Waals surface area (Å²) in [6, 6.07) is 10.8. The average molecular weight is 298 g/mol. The molecule has 2 rings (SSSR count). The Balaban J connectivity index is 2.07. The Bertz CT molecular complexity index is 570. The Morgan fingerprint density at radius 1 is 1.05 bits per heavy atom. The van der Waals surface area contributed by atoms with Gasteiger partial charge in [-0.05, 0) is 23.8 Å². The fraction of sp³-hybridized carbons (Fsp3) is 0.143. The van der Waals surface area contributed by atoms with Crippen LogP contribution in [0.1, 0.15) is 5.56 Å². The number of anilines is 1. The van der Waals surface area contributed by atoms with Crippen LogP contribution in [0.15, 0.2) is 36.4 Å². The number of nitrogen functional groups attached to an aromatic ring is 1. The minimum atomic E-state index is 0.395. The van der Waals surface area contributed by atoms with E-state index in [9.17, 15) is 0 Å². The Hall–Kier alpha value is -1.58. The number of nitrogens with two attached hydrogens (primary N) is 1. The maximum absolute atomic E-state index is 5.92. The van der Waals surface area contributed by atoms with Gasteiger partial charge in [0, 0.05) is 6.07 Å². The van der Waals surface area contributed by atoms with E-state index >= 15 is 0 Å². The summed E-state index contributed by atoms with van der Waals surface area (Å²) in [5.41, 5.74) is 7.28. The molecule has 0 fully saturated rings. The van der Waals surface area contributed by atoms with Crippen LogP contribution in [-0.4, -0.2) is 7.11 Å². The predicted molar refractivity (Wildman–Crippen MR) is 78.2 cm³/mol. The van der Waals surface area contributed by atoms with E-state index in [0.717, 1.165) is 11.3 Å². The van der Waals surface area contributed by atoms with E-state index in [1.54, 1.807) is 19.2 Å². The zero-order valence-corrected chi connectivity index (χ0v) is 11.8. The van der Waals surface area contributed by atoms with E-state index in [2.05, 4.69) is 0 Å². The van der Waals surface area contributed by atoms with Gasteiger partial charge in [-0.15, -0.1) is 0 Å². The van der Waals surface area contributed by atoms with Gasteiger partial charge in [0.05, 0.1) is 22.8 Å². The number of methoxy groups -OCH3 is 1. The maximum Gasteiger partial charge on any atom is 0.144 e. The molecular weight excluding hydrogens is 285 g/mol. The Labute approximate surface area is 121 Å². The van der Waals surface area contributed by atoms with Crippen LogP contribution in [0.2, 0.25) is 10.0 Å². The van der Waals surface area contributed by atoms with Crippen LogP contribution in [0.4, 0.5) is 5.69 Å². The van der Waals surface area contributed by atoms with Crippen LogP contribution >= 0.6 is 23.2 Å². The molecule has 0 heterocycles. The zero-order chi connectivity index (χ0) is 13.8. The molecule has 2 aromatic rings. The van der Waals surface area contributed by atoms with Crippen molar-refractivity contribution in [3.8, 4) is 11.5 Å². The lowest BCUT2D eigenvalue weighted by atomic mass is 10.2. The van der Waals surface area contributed by atoms with E-state index in [0.29, 0.717) is 28.1 Å². The number of hydrogen-bond donors (Lipinski definition) is 1. The van der Waals surface area contributed by atoms with Crippen LogP contribution in [0.3, 0.4) is 0 Å². The van der Waals surface area contributed by atoms with Crippen LogP contribution in [0.25, 0.3) is 0 Å². The number of ether oxygens (including phenoxy) is 2. The van der Waals surface area contributed by atoms with Crippen LogP contribution < -0.4 is 15.2 Å². The molecule has 0 atom stereocenters. The third-order valence-corrected chi connectivity index (χ3v) is 3.33. The van der Waals surface area contributed by atoms with E-state index < -0.39 is 0 Å². The molecular formula is C14H13Cl2NO2. The molecule has 0 unspecified atom stereocenters. The van der Waals surface area contributed by atoms with Crippen molar-refractivity contribution in [3.63, 3.8) is 0 Å². The summed E-state index contributed by atoms with van der Waals surface area (Å²) >= 11 is 11.8. The van der Waals surface area contributed by atoms with Crippen LogP contribution in [0, 0.1) is 0 Å². The fourth-order valence-electron chi connectivity index (χ4n) is 1.55. The number of halogens is 2. The Morgan fingerprint density at radius 2 is 1.68 bits per heavy atom. The standard InChI is InChI=1S/C14H13Cl2NO2/c1-18-10-4-2-9(3-5-10)8-19-14-7-12(16)11(15)6-13(14)17/h2-7H,8,17H2,1H3. The van der Waals surface area contributed by atoms with Gasteiger partial charge in [0.15, 0.2) is 0 Å². The van der Waals surface area contributed by atoms with Gasteiger partial charge in [0.2, 0.25) is 0 Å². The first-order valence-electron chi connectivity index (χ1n) is 5.60. The van der Waals surface area contributed by atoms with Crippen LogP contribution in [-0.2, 0) is 6.61 Å². The van der Waals surface area contributed by atoms with Crippen molar-refractivity contribution in [2.24, 2.45) is 0 Å². The molecule has 0 bridgehead atoms. The van der Waals surface area contributed by atoms with Crippen molar-refractivity contribution >= 4 is 28.9 Å². The van der Waals surface area contributed by atoms with Crippen molar-refractivity contribution in [2.75, 3.05) is 12.8 Å². The molecule has 5 heteroatoms. The van der Waals surface area contributed by atoms with Gasteiger partial charge in [0.25, 0.3) is 0 Å². The van der Waals surface area contributed by atoms with E-state index in [1.807, 2.05) is 24.3 Å². The molecule has 100 valence electrons. The average Bonchev–Trinajstić information content (AvgIpc) is 2.42. The fourth-order valence-corrected chi connectivity index (χ4v) is 1.88. The molecule has 0 amide bonds. The van der Waals surface area contributed by atoms with Crippen molar-refractivity contribution in [1.29, 1.82) is 0 Å². The predicted octanol–water partition coefficient (Wildman–Crippen LogP) is 4.16. The van der Waals surface area contributed by atoms with E-state index in [1.165, 1.54) is 0 Å². The summed E-state index contributed by atoms with van der Waals surface area (Å²) in [7, 11) is 1.63. The Morgan fingerprint density at radius 3 is 2.32 bits per heavy atom. The molecule has 0 aliphatic rings. The molecule has 0 aromatic heterocycles. The van der Waals surface area contributed by atoms with Gasteiger partial charge in [-0.3, -0.25) is 0 Å². The maximum atomic E-state index is 5.92. The van der Waals surface area contributed by atoms with Gasteiger partial charge >= 0.3 is 0 Å². The van der Waals surface area contributed by atoms with Crippen LogP contribution in [0.5, 0.6) is 11.5 Å². The lowest BCUT2D eigenvalue weighted by Crippen LogP contribution is -1.99. The lowest BCUT2D eigenvalue weighted by Gasteiger charge is -2.10. The minimum absolute atomic E-state index is 0.395. The number of hydrogen-bond acceptors (Lipinski definition) is 3. The number of rotatable bonds is 4. The zero-order valence-electron chi connectivity index (χ0n) is 10.3. The lowest BCUT2D eigenvalue weighted by molar-refractivity contribution is 0.307. The van der Waals surface area contributed by atoms with Gasteiger partial charge in [-0.1, -0.05) is 35.3 Å². The molecule has 0 spiro atoms. The van der Waals surface area contributed by atoms with Gasteiger partial charge in [-0.2, -0.15) is 0 Å². The second-order valence-corrected chi connectivity index (χ2v) is 4.76. The second-order valence-electron chi connectivity index (χ2n) is 3.94. The van der Waals surface area contributed by atoms with E-state index in [-0.39, 0.29) is 0 Å². The number of benzene rings is 2. The molecule has 0 saturated carbocycles. The quantitative estimate of drug-likeness (QED) is 0.862. The minimum Gasteiger partial charge on any atom is -0.497 e. The highest BCUT2D eigenvalue weighted by atomic mass is 35.5. The topological polar surface area (TPSA) is 44.5 Å². The van der Waals surface area contributed by atoms with Crippen molar-refractivity contribution in [2.45, 2.75) is 6.61 Å². The summed E-state index contributed by atoms with van der Waals surface area (Å²) in [5, 5.41) is 0.830. The summed E-state index contributed by atoms with van der Waals surface area (Å²) in [6.07, 6.45) is 0. The Kier molecular flexibility index (Phi) is 4.40. The first-order chi connectivity index (χ1) is 9.10. The molecule has 2 aromatic carbocycles. The van der Waals surface area contributed by atoms with Crippen molar-refractivity contribution in [3.05, 3.63) is 52.0 Å². The van der Waals surface area contributed by atoms with Gasteiger partial charge in [0.1, 0.15) is 18.1 Å². The van der Waals surface area contributed by atoms with E-state index in [4.69, 9.17) is 38.4 Å². The summed E-state index contributed by atoms with van der Waals surface area (Å²) in [4.78, 5) is 0. The normalized spacial score (nSPS) is 10.3. The molecule has 19 heavy (non-hydrogen) atoms. The van der Waals surface area contributed by atoms with Gasteiger partial charge < -0.3 is 15.2 Å². The monoisotopic (exact) mass is 297 g/mol. The highest BCUT2D eigenvalue weighted by Crippen LogP contribution is 2.32. The SMILES string of the molecule is COc1ccc(COc2cc(Cl)c(Cl)cc2N)cc1. The summed E-state index contributed by atoms with van der Waals surface area (Å²) in [6.45, 7) is 0.395. The van der Waals surface area contributed by atoms with Crippen molar-refractivity contribution in [1.82, 2.24) is 0 Å². The summed E-state index contributed by atoms with van der Waals surface area (Å²) in [5.74, 6) is 1.32. The molecule has 3 nitrogen and oxygen atoms in total. The molecule has 0 aliphatic carbocycles. The molecule has 0 saturated heterocycles. The largest absolute Gasteiger partial charge is 0.497 e. The summed E-state index contributed by atoms with van der Waals surface area (Å²) < 4.78 is 10.7. The third kappa shape index (κ3) is 3.46. The molecule has 0 aliphatic heterocycles. The molecule has 0 radical (unpaired) electrons. The van der Waals surface area contributed by atoms with Gasteiger partial charge in [-0.25, -0.2) is 0 Å². The third-order valence-electron chi connectivity index (χ3n) is 2.61. The van der Waals surface area contributed by atoms with Crippen molar-refractivity contribution < 1.29 is 9.47 Å². The smallest absolute Gasteiger partial charge is 0.144 e. The second kappa shape index (κ2) is 6.04. The first-order valence-corrected chi connectivity index (χ1v) is 6.36. The molecule has 2 N–H and O–H groups in total.